The van der Waals surface area contributed by atoms with Crippen LogP contribution in [0.25, 0.3) is 5.69 Å². The Hall–Kier alpha value is -2.63. The Morgan fingerprint density at radius 1 is 1.31 bits per heavy atom. The molecule has 26 heavy (non-hydrogen) atoms. The fourth-order valence-electron chi connectivity index (χ4n) is 4.11. The average molecular weight is 352 g/mol. The summed E-state index contributed by atoms with van der Waals surface area (Å²) >= 11 is 0. The molecule has 6 nitrogen and oxygen atoms in total. The van der Waals surface area contributed by atoms with Crippen molar-refractivity contribution in [3.8, 4) is 5.69 Å². The average Bonchev–Trinajstić information content (AvgIpc) is 3.24. The molecule has 2 aromatic rings. The minimum atomic E-state index is -0.406. The molecular weight excluding hydrogens is 328 g/mol. The van der Waals surface area contributed by atoms with Crippen LogP contribution < -0.4 is 5.32 Å². The Morgan fingerprint density at radius 2 is 2.12 bits per heavy atom. The van der Waals surface area contributed by atoms with Crippen LogP contribution in [-0.2, 0) is 17.6 Å². The maximum absolute atomic E-state index is 13.3. The zero-order valence-corrected chi connectivity index (χ0v) is 15.3. The molecule has 2 amide bonds. The predicted octanol–water partition coefficient (Wildman–Crippen LogP) is 2.02. The third-order valence-corrected chi connectivity index (χ3v) is 5.45. The Labute approximate surface area is 153 Å². The van der Waals surface area contributed by atoms with E-state index in [9.17, 15) is 9.59 Å². The molecule has 1 aromatic heterocycles. The Morgan fingerprint density at radius 3 is 2.88 bits per heavy atom. The zero-order valence-electron chi connectivity index (χ0n) is 15.3. The summed E-state index contributed by atoms with van der Waals surface area (Å²) in [5.74, 6) is -0.181. The largest absolute Gasteiger partial charge is 0.353 e. The van der Waals surface area contributed by atoms with Crippen LogP contribution in [-0.4, -0.2) is 45.6 Å². The van der Waals surface area contributed by atoms with E-state index in [1.54, 1.807) is 4.90 Å². The molecule has 4 rings (SSSR count). The molecule has 6 heteroatoms. The first-order valence-corrected chi connectivity index (χ1v) is 9.37. The van der Waals surface area contributed by atoms with Gasteiger partial charge in [0.15, 0.2) is 5.69 Å². The number of amides is 2. The second kappa shape index (κ2) is 6.59. The number of hydrogen-bond donors (Lipinski definition) is 1. The van der Waals surface area contributed by atoms with Crippen molar-refractivity contribution in [2.75, 3.05) is 13.1 Å². The molecule has 0 saturated carbocycles. The van der Waals surface area contributed by atoms with Crippen LogP contribution in [0, 0.1) is 6.92 Å². The van der Waals surface area contributed by atoms with Crippen molar-refractivity contribution in [2.45, 2.75) is 45.6 Å². The number of aromatic nitrogens is 2. The summed E-state index contributed by atoms with van der Waals surface area (Å²) in [6.45, 7) is 5.03. The number of carbonyl (C=O) groups is 2. The molecule has 1 saturated heterocycles. The van der Waals surface area contributed by atoms with E-state index in [1.807, 2.05) is 29.8 Å². The molecular formula is C20H24N4O2. The van der Waals surface area contributed by atoms with E-state index in [-0.39, 0.29) is 11.8 Å². The lowest BCUT2D eigenvalue weighted by Crippen LogP contribution is -2.57. The number of nitrogens with one attached hydrogen (secondary N) is 1. The second-order valence-corrected chi connectivity index (χ2v) is 7.04. The maximum atomic E-state index is 13.3. The summed E-state index contributed by atoms with van der Waals surface area (Å²) in [5.41, 5.74) is 4.87. The van der Waals surface area contributed by atoms with Crippen molar-refractivity contribution in [3.63, 3.8) is 0 Å². The molecule has 136 valence electrons. The molecule has 1 unspecified atom stereocenters. The number of aryl methyl sites for hydroxylation is 1. The van der Waals surface area contributed by atoms with Gasteiger partial charge in [0, 0.05) is 24.3 Å². The van der Waals surface area contributed by atoms with Gasteiger partial charge in [-0.2, -0.15) is 5.10 Å². The van der Waals surface area contributed by atoms with Gasteiger partial charge in [-0.05, 0) is 44.2 Å². The lowest BCUT2D eigenvalue weighted by molar-refractivity contribution is -0.127. The number of fused-ring (bicyclic) bond motifs is 1. The number of piperazine rings is 1. The second-order valence-electron chi connectivity index (χ2n) is 7.04. The van der Waals surface area contributed by atoms with E-state index in [2.05, 4.69) is 18.3 Å². The van der Waals surface area contributed by atoms with E-state index < -0.39 is 6.04 Å². The van der Waals surface area contributed by atoms with Crippen LogP contribution in [0.4, 0.5) is 0 Å². The Bertz CT molecular complexity index is 871. The van der Waals surface area contributed by atoms with E-state index in [4.69, 9.17) is 5.10 Å². The highest BCUT2D eigenvalue weighted by molar-refractivity contribution is 5.98. The van der Waals surface area contributed by atoms with Gasteiger partial charge in [-0.3, -0.25) is 9.59 Å². The molecule has 1 N–H and O–H groups in total. The molecule has 1 aliphatic carbocycles. The van der Waals surface area contributed by atoms with Gasteiger partial charge in [0.2, 0.25) is 5.91 Å². The normalized spacial score (nSPS) is 19.4. The number of rotatable bonds is 3. The van der Waals surface area contributed by atoms with Crippen molar-refractivity contribution in [3.05, 3.63) is 46.8 Å². The summed E-state index contributed by atoms with van der Waals surface area (Å²) in [5, 5.41) is 7.58. The number of benzene rings is 1. The summed E-state index contributed by atoms with van der Waals surface area (Å²) in [4.78, 5) is 27.1. The van der Waals surface area contributed by atoms with Crippen molar-refractivity contribution < 1.29 is 9.59 Å². The highest BCUT2D eigenvalue weighted by Gasteiger charge is 2.36. The van der Waals surface area contributed by atoms with Gasteiger partial charge in [-0.25, -0.2) is 4.68 Å². The molecule has 0 radical (unpaired) electrons. The van der Waals surface area contributed by atoms with Crippen molar-refractivity contribution in [2.24, 2.45) is 0 Å². The Kier molecular flexibility index (Phi) is 4.26. The molecule has 1 aromatic carbocycles. The van der Waals surface area contributed by atoms with Crippen molar-refractivity contribution in [1.29, 1.82) is 0 Å². The first-order chi connectivity index (χ1) is 12.6. The highest BCUT2D eigenvalue weighted by atomic mass is 16.2. The number of nitrogens with zero attached hydrogens (tertiary/aromatic N) is 3. The number of para-hydroxylation sites is 1. The number of carbonyl (C=O) groups excluding carboxylic acids is 2. The van der Waals surface area contributed by atoms with Crippen molar-refractivity contribution in [1.82, 2.24) is 20.0 Å². The molecule has 1 atom stereocenters. The lowest BCUT2D eigenvalue weighted by atomic mass is 10.1. The molecule has 2 aliphatic rings. The lowest BCUT2D eigenvalue weighted by Gasteiger charge is -2.34. The van der Waals surface area contributed by atoms with Gasteiger partial charge in [0.05, 0.1) is 5.69 Å². The van der Waals surface area contributed by atoms with Crippen LogP contribution >= 0.6 is 0 Å². The van der Waals surface area contributed by atoms with Gasteiger partial charge >= 0.3 is 0 Å². The van der Waals surface area contributed by atoms with Crippen molar-refractivity contribution >= 4 is 11.8 Å². The molecule has 2 heterocycles. The minimum absolute atomic E-state index is 0.0675. The van der Waals surface area contributed by atoms with Crippen LogP contribution in [0.15, 0.2) is 24.3 Å². The maximum Gasteiger partial charge on any atom is 0.275 e. The van der Waals surface area contributed by atoms with Gasteiger partial charge < -0.3 is 10.2 Å². The topological polar surface area (TPSA) is 67.2 Å². The predicted molar refractivity (Wildman–Crippen MR) is 98.5 cm³/mol. The van der Waals surface area contributed by atoms with Gasteiger partial charge in [-0.1, -0.05) is 25.1 Å². The third-order valence-electron chi connectivity index (χ3n) is 5.45. The smallest absolute Gasteiger partial charge is 0.275 e. The third kappa shape index (κ3) is 2.60. The van der Waals surface area contributed by atoms with Gasteiger partial charge in [0.1, 0.15) is 6.04 Å². The molecule has 1 fully saturated rings. The standard InChI is InChI=1S/C20H24N4O2/c1-3-15-19(25)21-11-12-23(15)20(26)18-14-8-6-10-17(14)24(22-18)16-9-5-4-7-13(16)2/h4-5,7,9,15H,3,6,8,10-12H2,1-2H3,(H,21,25). The fourth-order valence-corrected chi connectivity index (χ4v) is 4.11. The van der Waals surface area contributed by atoms with Crippen LogP contribution in [0.3, 0.4) is 0 Å². The van der Waals surface area contributed by atoms with E-state index in [1.165, 1.54) is 0 Å². The molecule has 0 spiro atoms. The Balaban J connectivity index is 1.76. The SMILES string of the molecule is CCC1C(=O)NCCN1C(=O)c1nn(-c2ccccc2C)c2c1CCC2. The molecule has 1 aliphatic heterocycles. The monoisotopic (exact) mass is 352 g/mol. The summed E-state index contributed by atoms with van der Waals surface area (Å²) < 4.78 is 1.94. The molecule has 0 bridgehead atoms. The van der Waals surface area contributed by atoms with Crippen LogP contribution in [0.2, 0.25) is 0 Å². The van der Waals surface area contributed by atoms with E-state index in [0.717, 1.165) is 41.8 Å². The van der Waals surface area contributed by atoms with E-state index in [0.29, 0.717) is 25.2 Å². The first-order valence-electron chi connectivity index (χ1n) is 9.37. The number of hydrogen-bond acceptors (Lipinski definition) is 3. The van der Waals surface area contributed by atoms with E-state index >= 15 is 0 Å². The summed E-state index contributed by atoms with van der Waals surface area (Å²) in [6, 6.07) is 7.69. The summed E-state index contributed by atoms with van der Waals surface area (Å²) in [6.07, 6.45) is 3.45. The van der Waals surface area contributed by atoms with Gasteiger partial charge in [-0.15, -0.1) is 0 Å². The highest BCUT2D eigenvalue weighted by Crippen LogP contribution is 2.30. The fraction of sp³-hybridized carbons (Fsp3) is 0.450. The first kappa shape index (κ1) is 16.8. The summed E-state index contributed by atoms with van der Waals surface area (Å²) in [7, 11) is 0. The quantitative estimate of drug-likeness (QED) is 0.919. The van der Waals surface area contributed by atoms with Crippen LogP contribution in [0.1, 0.15) is 47.1 Å². The zero-order chi connectivity index (χ0) is 18.3. The van der Waals surface area contributed by atoms with Crippen LogP contribution in [0.5, 0.6) is 0 Å². The van der Waals surface area contributed by atoms with Gasteiger partial charge in [0.25, 0.3) is 5.91 Å². The minimum Gasteiger partial charge on any atom is -0.353 e.